The van der Waals surface area contributed by atoms with Crippen molar-refractivity contribution in [2.45, 2.75) is 5.37 Å². The van der Waals surface area contributed by atoms with Gasteiger partial charge in [-0.25, -0.2) is 17.6 Å². The molecule has 1 fully saturated rings. The van der Waals surface area contributed by atoms with E-state index in [4.69, 9.17) is 5.11 Å². The number of sulfone groups is 1. The second kappa shape index (κ2) is 6.25. The van der Waals surface area contributed by atoms with Gasteiger partial charge in [-0.2, -0.15) is 11.8 Å². The molecule has 2 rings (SSSR count). The van der Waals surface area contributed by atoms with Crippen LogP contribution in [-0.4, -0.2) is 60.0 Å². The maximum absolute atomic E-state index is 14.0. The molecule has 0 aliphatic carbocycles. The van der Waals surface area contributed by atoms with E-state index in [0.29, 0.717) is 5.75 Å². The van der Waals surface area contributed by atoms with Gasteiger partial charge < -0.3 is 10.0 Å². The highest BCUT2D eigenvalue weighted by molar-refractivity contribution is 8.00. The van der Waals surface area contributed by atoms with Gasteiger partial charge in [0.25, 0.3) is 5.91 Å². The summed E-state index contributed by atoms with van der Waals surface area (Å²) in [5.41, 5.74) is -0.603. The summed E-state index contributed by atoms with van der Waals surface area (Å²) in [4.78, 5) is 24.3. The Labute approximate surface area is 131 Å². The zero-order valence-corrected chi connectivity index (χ0v) is 13.3. The number of nitrogens with zero attached hydrogens (tertiary/aromatic N) is 1. The minimum Gasteiger partial charge on any atom is -0.478 e. The lowest BCUT2D eigenvalue weighted by molar-refractivity contribution is 0.0692. The summed E-state index contributed by atoms with van der Waals surface area (Å²) in [6, 6.07) is 2.94. The van der Waals surface area contributed by atoms with E-state index in [-0.39, 0.29) is 23.4 Å². The Bertz CT molecular complexity index is 719. The topological polar surface area (TPSA) is 91.8 Å². The van der Waals surface area contributed by atoms with Crippen molar-refractivity contribution in [2.24, 2.45) is 0 Å². The Morgan fingerprint density at radius 2 is 2.09 bits per heavy atom. The number of aromatic carboxylic acids is 1. The molecule has 1 saturated heterocycles. The molecule has 6 nitrogen and oxygen atoms in total. The molecule has 0 aromatic heterocycles. The van der Waals surface area contributed by atoms with Gasteiger partial charge in [-0.15, -0.1) is 0 Å². The number of halogens is 1. The number of carboxylic acids is 1. The molecule has 1 heterocycles. The van der Waals surface area contributed by atoms with Gasteiger partial charge in [0.1, 0.15) is 11.2 Å². The van der Waals surface area contributed by atoms with Crippen molar-refractivity contribution >= 4 is 33.5 Å². The highest BCUT2D eigenvalue weighted by Gasteiger charge is 2.35. The van der Waals surface area contributed by atoms with E-state index in [1.807, 2.05) is 0 Å². The maximum Gasteiger partial charge on any atom is 0.335 e. The van der Waals surface area contributed by atoms with Crippen molar-refractivity contribution in [1.82, 2.24) is 4.90 Å². The van der Waals surface area contributed by atoms with Crippen molar-refractivity contribution < 1.29 is 27.5 Å². The number of carbonyl (C=O) groups excluding carboxylic acids is 1. The van der Waals surface area contributed by atoms with Crippen LogP contribution in [0.25, 0.3) is 0 Å². The van der Waals surface area contributed by atoms with E-state index in [2.05, 4.69) is 0 Å². The van der Waals surface area contributed by atoms with Gasteiger partial charge >= 0.3 is 5.97 Å². The first-order chi connectivity index (χ1) is 10.2. The third kappa shape index (κ3) is 3.41. The van der Waals surface area contributed by atoms with Crippen molar-refractivity contribution in [3.05, 3.63) is 35.1 Å². The zero-order valence-electron chi connectivity index (χ0n) is 11.7. The average molecular weight is 347 g/mol. The van der Waals surface area contributed by atoms with Gasteiger partial charge in [0.05, 0.1) is 11.1 Å². The molecule has 1 aliphatic rings. The van der Waals surface area contributed by atoms with Gasteiger partial charge in [-0.3, -0.25) is 4.79 Å². The van der Waals surface area contributed by atoms with Crippen LogP contribution in [0, 0.1) is 5.82 Å². The lowest BCUT2D eigenvalue weighted by Gasteiger charge is -2.34. The number of hydrogen-bond donors (Lipinski definition) is 1. The largest absolute Gasteiger partial charge is 0.478 e. The molecule has 9 heteroatoms. The molecule has 1 aromatic rings. The number of thioether (sulfide) groups is 1. The predicted molar refractivity (Wildman–Crippen MR) is 80.4 cm³/mol. The fourth-order valence-electron chi connectivity index (χ4n) is 2.14. The Kier molecular flexibility index (Phi) is 4.76. The molecule has 1 atom stereocenters. The Morgan fingerprint density at radius 1 is 1.41 bits per heavy atom. The van der Waals surface area contributed by atoms with Crippen molar-refractivity contribution in [2.75, 3.05) is 24.3 Å². The molecular formula is C13H14FNO5S2. The summed E-state index contributed by atoms with van der Waals surface area (Å²) in [6.07, 6.45) is 1.04. The molecule has 1 amide bonds. The summed E-state index contributed by atoms with van der Waals surface area (Å²) in [5, 5.41) is 7.79. The second-order valence-corrected chi connectivity index (χ2v) is 8.21. The smallest absolute Gasteiger partial charge is 0.335 e. The minimum atomic E-state index is -3.49. The Morgan fingerprint density at radius 3 is 2.64 bits per heavy atom. The highest BCUT2D eigenvalue weighted by Crippen LogP contribution is 2.23. The van der Waals surface area contributed by atoms with Crippen molar-refractivity contribution in [1.29, 1.82) is 0 Å². The fraction of sp³-hybridized carbons (Fsp3) is 0.385. The molecular weight excluding hydrogens is 333 g/mol. The van der Waals surface area contributed by atoms with Gasteiger partial charge in [-0.1, -0.05) is 0 Å². The first-order valence-electron chi connectivity index (χ1n) is 6.32. The number of benzene rings is 1. The lowest BCUT2D eigenvalue weighted by Crippen LogP contribution is -2.50. The van der Waals surface area contributed by atoms with E-state index in [0.717, 1.165) is 29.4 Å². The Hall–Kier alpha value is -1.61. The number of carboxylic acid groups (broad SMARTS) is 1. The first-order valence-corrected chi connectivity index (χ1v) is 9.43. The third-order valence-electron chi connectivity index (χ3n) is 3.29. The van der Waals surface area contributed by atoms with Crippen LogP contribution in [0.15, 0.2) is 18.2 Å². The van der Waals surface area contributed by atoms with Crippen molar-refractivity contribution in [3.8, 4) is 0 Å². The fourth-order valence-corrected chi connectivity index (χ4v) is 4.96. The van der Waals surface area contributed by atoms with Crippen LogP contribution in [-0.2, 0) is 9.84 Å². The molecule has 120 valence electrons. The molecule has 0 saturated carbocycles. The number of hydrogen-bond acceptors (Lipinski definition) is 5. The summed E-state index contributed by atoms with van der Waals surface area (Å²) < 4.78 is 37.5. The maximum atomic E-state index is 14.0. The predicted octanol–water partition coefficient (Wildman–Crippen LogP) is 1.08. The molecule has 1 aliphatic heterocycles. The lowest BCUT2D eigenvalue weighted by atomic mass is 10.1. The normalized spacial score (nSPS) is 19.0. The summed E-state index contributed by atoms with van der Waals surface area (Å²) in [7, 11) is -3.49. The van der Waals surface area contributed by atoms with Crippen LogP contribution in [0.1, 0.15) is 20.7 Å². The van der Waals surface area contributed by atoms with E-state index >= 15 is 0 Å². The average Bonchev–Trinajstić information content (AvgIpc) is 2.45. The van der Waals surface area contributed by atoms with Crippen LogP contribution >= 0.6 is 11.8 Å². The highest BCUT2D eigenvalue weighted by atomic mass is 32.2. The molecule has 1 aromatic carbocycles. The van der Waals surface area contributed by atoms with Gasteiger partial charge in [0.15, 0.2) is 9.84 Å². The molecule has 1 N–H and O–H groups in total. The van der Waals surface area contributed by atoms with E-state index in [9.17, 15) is 22.4 Å². The third-order valence-corrected chi connectivity index (χ3v) is 5.93. The zero-order chi connectivity index (χ0) is 16.5. The van der Waals surface area contributed by atoms with Crippen LogP contribution < -0.4 is 0 Å². The molecule has 22 heavy (non-hydrogen) atoms. The monoisotopic (exact) mass is 347 g/mol. The van der Waals surface area contributed by atoms with Crippen LogP contribution in [0.4, 0.5) is 4.39 Å². The van der Waals surface area contributed by atoms with E-state index in [1.54, 1.807) is 0 Å². The quantitative estimate of drug-likeness (QED) is 0.880. The van der Waals surface area contributed by atoms with E-state index in [1.165, 1.54) is 11.8 Å². The molecule has 0 spiro atoms. The molecule has 0 bridgehead atoms. The molecule has 0 radical (unpaired) electrons. The second-order valence-electron chi connectivity index (χ2n) is 4.86. The standard InChI is InChI=1S/C13H14FNO5S2/c1-22(19,20)11-7-21-5-4-15(11)12(16)9-3-2-8(13(17)18)6-10(9)14/h2-3,6,11H,4-5,7H2,1H3,(H,17,18). The summed E-state index contributed by atoms with van der Waals surface area (Å²) >= 11 is 1.41. The first kappa shape index (κ1) is 16.8. The van der Waals surface area contributed by atoms with Crippen LogP contribution in [0.5, 0.6) is 0 Å². The minimum absolute atomic E-state index is 0.196. The number of amides is 1. The van der Waals surface area contributed by atoms with Crippen LogP contribution in [0.2, 0.25) is 0 Å². The Balaban J connectivity index is 2.36. The van der Waals surface area contributed by atoms with Crippen LogP contribution in [0.3, 0.4) is 0 Å². The molecule has 1 unspecified atom stereocenters. The van der Waals surface area contributed by atoms with E-state index < -0.39 is 32.9 Å². The van der Waals surface area contributed by atoms with Gasteiger partial charge in [-0.05, 0) is 18.2 Å². The van der Waals surface area contributed by atoms with Crippen molar-refractivity contribution in [3.63, 3.8) is 0 Å². The SMILES string of the molecule is CS(=O)(=O)C1CSCCN1C(=O)c1ccc(C(=O)O)cc1F. The summed E-state index contributed by atoms with van der Waals surface area (Å²) in [6.45, 7) is 0.196. The van der Waals surface area contributed by atoms with Gasteiger partial charge in [0.2, 0.25) is 0 Å². The number of rotatable bonds is 3. The number of carbonyl (C=O) groups is 2. The summed E-state index contributed by atoms with van der Waals surface area (Å²) in [5.74, 6) is -2.23. The van der Waals surface area contributed by atoms with Gasteiger partial charge in [0, 0.05) is 24.3 Å².